The van der Waals surface area contributed by atoms with E-state index in [0.29, 0.717) is 34.5 Å². The molecule has 2 heteroatoms. The molecular weight excluding hydrogens is 316 g/mol. The van der Waals surface area contributed by atoms with Gasteiger partial charge in [0, 0.05) is 6.42 Å². The fourth-order valence-corrected chi connectivity index (χ4v) is 9.79. The molecule has 0 aliphatic heterocycles. The summed E-state index contributed by atoms with van der Waals surface area (Å²) in [5.41, 5.74) is 1.27. The van der Waals surface area contributed by atoms with Crippen molar-refractivity contribution in [3.05, 3.63) is 0 Å². The third-order valence-corrected chi connectivity index (χ3v) is 10.9. The summed E-state index contributed by atoms with van der Waals surface area (Å²) in [6.45, 7) is 7.46. The van der Waals surface area contributed by atoms with Crippen molar-refractivity contribution in [2.75, 3.05) is 0 Å². The van der Waals surface area contributed by atoms with Gasteiger partial charge in [-0.25, -0.2) is 0 Å². The molecule has 1 unspecified atom stereocenters. The van der Waals surface area contributed by atoms with Crippen LogP contribution in [0.15, 0.2) is 0 Å². The topological polar surface area (TPSA) is 47.6 Å². The SMILES string of the molecule is C[C@H](CC#N)[C@H]1CC[C@H]2[C@@H]3CC(C#N)[C@]45C[C@H]4CC[C@]5(C)[C@H]3CC[C@]12C. The van der Waals surface area contributed by atoms with Gasteiger partial charge in [-0.1, -0.05) is 20.8 Å². The molecule has 2 nitrogen and oxygen atoms in total. The number of rotatable bonds is 2. The Bertz CT molecular complexity index is 700. The standard InChI is InChI=1S/C24H34N2/c1-15(8-11-25)19-4-5-20-18-12-17(14-26)24-13-16(24)6-10-23(24,3)21(18)7-9-22(19,20)2/h15-21H,4-10,12-13H2,1-3H3/t15-,16-,17?,18+,19-,20+,21+,22-,23-,24+/m1/s1. The summed E-state index contributed by atoms with van der Waals surface area (Å²) in [5.74, 6) is 4.88. The van der Waals surface area contributed by atoms with Gasteiger partial charge in [0.05, 0.1) is 18.1 Å². The van der Waals surface area contributed by atoms with Crippen molar-refractivity contribution < 1.29 is 0 Å². The van der Waals surface area contributed by atoms with Gasteiger partial charge < -0.3 is 0 Å². The Morgan fingerprint density at radius 2 is 1.85 bits per heavy atom. The predicted molar refractivity (Wildman–Crippen MR) is 102 cm³/mol. The van der Waals surface area contributed by atoms with Crippen LogP contribution in [-0.2, 0) is 0 Å². The zero-order chi connectivity index (χ0) is 18.3. The van der Waals surface area contributed by atoms with Crippen LogP contribution < -0.4 is 0 Å². The number of hydrogen-bond acceptors (Lipinski definition) is 2. The van der Waals surface area contributed by atoms with E-state index in [1.165, 1.54) is 51.4 Å². The fraction of sp³-hybridized carbons (Fsp3) is 0.917. The lowest BCUT2D eigenvalue weighted by atomic mass is 9.44. The summed E-state index contributed by atoms with van der Waals surface area (Å²) in [6, 6.07) is 5.25. The zero-order valence-corrected chi connectivity index (χ0v) is 16.8. The lowest BCUT2D eigenvalue weighted by Crippen LogP contribution is -2.54. The highest BCUT2D eigenvalue weighted by molar-refractivity contribution is 5.28. The van der Waals surface area contributed by atoms with Crippen molar-refractivity contribution >= 4 is 0 Å². The Morgan fingerprint density at radius 3 is 2.54 bits per heavy atom. The van der Waals surface area contributed by atoms with E-state index in [1.807, 2.05) is 0 Å². The molecule has 0 heterocycles. The predicted octanol–water partition coefficient (Wildman–Crippen LogP) is 5.94. The Labute approximate surface area is 159 Å². The van der Waals surface area contributed by atoms with E-state index in [-0.39, 0.29) is 0 Å². The highest BCUT2D eigenvalue weighted by Crippen LogP contribution is 2.83. The minimum absolute atomic E-state index is 0.319. The van der Waals surface area contributed by atoms with E-state index >= 15 is 0 Å². The molecular formula is C24H34N2. The summed E-state index contributed by atoms with van der Waals surface area (Å²) >= 11 is 0. The second-order valence-electron chi connectivity index (χ2n) is 11.3. The molecule has 5 aliphatic carbocycles. The molecule has 0 aromatic carbocycles. The smallest absolute Gasteiger partial charge is 0.0662 e. The van der Waals surface area contributed by atoms with Crippen molar-refractivity contribution in [3.8, 4) is 12.1 Å². The summed E-state index contributed by atoms with van der Waals surface area (Å²) in [6.07, 6.45) is 11.4. The third-order valence-electron chi connectivity index (χ3n) is 10.9. The monoisotopic (exact) mass is 350 g/mol. The first-order valence-electron chi connectivity index (χ1n) is 11.2. The van der Waals surface area contributed by atoms with Crippen LogP contribution in [0.4, 0.5) is 0 Å². The quantitative estimate of drug-likeness (QED) is 0.618. The number of nitrogens with zero attached hydrogens (tertiary/aromatic N) is 2. The van der Waals surface area contributed by atoms with Crippen LogP contribution in [0.3, 0.4) is 0 Å². The first kappa shape index (κ1) is 17.1. The molecule has 0 amide bonds. The molecule has 0 saturated heterocycles. The van der Waals surface area contributed by atoms with Gasteiger partial charge in [-0.15, -0.1) is 0 Å². The van der Waals surface area contributed by atoms with Gasteiger partial charge in [0.1, 0.15) is 0 Å². The van der Waals surface area contributed by atoms with E-state index < -0.39 is 0 Å². The molecule has 5 rings (SSSR count). The molecule has 10 atom stereocenters. The minimum Gasteiger partial charge on any atom is -0.198 e. The summed E-state index contributed by atoms with van der Waals surface area (Å²) < 4.78 is 0. The van der Waals surface area contributed by atoms with Crippen LogP contribution in [-0.4, -0.2) is 0 Å². The Hall–Kier alpha value is -1.02. The Balaban J connectivity index is 1.48. The Morgan fingerprint density at radius 1 is 1.04 bits per heavy atom. The van der Waals surface area contributed by atoms with Crippen molar-refractivity contribution in [1.82, 2.24) is 0 Å². The maximum absolute atomic E-state index is 10.1. The van der Waals surface area contributed by atoms with Gasteiger partial charge in [-0.3, -0.25) is 0 Å². The van der Waals surface area contributed by atoms with Crippen LogP contribution in [0.1, 0.15) is 78.6 Å². The van der Waals surface area contributed by atoms with Crippen molar-refractivity contribution in [2.45, 2.75) is 78.6 Å². The van der Waals surface area contributed by atoms with Gasteiger partial charge in [0.15, 0.2) is 0 Å². The van der Waals surface area contributed by atoms with Crippen molar-refractivity contribution in [3.63, 3.8) is 0 Å². The molecule has 0 aromatic heterocycles. The van der Waals surface area contributed by atoms with Gasteiger partial charge in [0.2, 0.25) is 0 Å². The van der Waals surface area contributed by atoms with E-state index in [9.17, 15) is 10.5 Å². The number of nitriles is 2. The van der Waals surface area contributed by atoms with Crippen molar-refractivity contribution in [2.24, 2.45) is 57.7 Å². The molecule has 26 heavy (non-hydrogen) atoms. The maximum atomic E-state index is 10.1. The summed E-state index contributed by atoms with van der Waals surface area (Å²) in [7, 11) is 0. The first-order valence-corrected chi connectivity index (χ1v) is 11.2. The molecule has 0 N–H and O–H groups in total. The molecule has 5 saturated carbocycles. The lowest BCUT2D eigenvalue weighted by Gasteiger charge is -2.60. The normalized spacial score (nSPS) is 57.7. The second kappa shape index (κ2) is 5.28. The fourth-order valence-electron chi connectivity index (χ4n) is 9.79. The van der Waals surface area contributed by atoms with Crippen LogP contribution in [0.2, 0.25) is 0 Å². The second-order valence-corrected chi connectivity index (χ2v) is 11.3. The van der Waals surface area contributed by atoms with Crippen LogP contribution in [0, 0.1) is 80.3 Å². The zero-order valence-electron chi connectivity index (χ0n) is 16.8. The van der Waals surface area contributed by atoms with Crippen LogP contribution in [0.5, 0.6) is 0 Å². The van der Waals surface area contributed by atoms with Crippen LogP contribution in [0.25, 0.3) is 0 Å². The van der Waals surface area contributed by atoms with E-state index in [0.717, 1.165) is 29.6 Å². The first-order chi connectivity index (χ1) is 12.4. The minimum atomic E-state index is 0.319. The molecule has 140 valence electrons. The number of fused-ring (bicyclic) bond motifs is 4. The Kier molecular flexibility index (Phi) is 3.47. The van der Waals surface area contributed by atoms with Gasteiger partial charge in [0.25, 0.3) is 0 Å². The largest absolute Gasteiger partial charge is 0.198 e. The van der Waals surface area contributed by atoms with Gasteiger partial charge in [-0.05, 0) is 103 Å². The van der Waals surface area contributed by atoms with Crippen LogP contribution >= 0.6 is 0 Å². The van der Waals surface area contributed by atoms with E-state index in [1.54, 1.807) is 0 Å². The van der Waals surface area contributed by atoms with E-state index in [4.69, 9.17) is 0 Å². The molecule has 5 aliphatic rings. The van der Waals surface area contributed by atoms with Crippen molar-refractivity contribution in [1.29, 1.82) is 10.5 Å². The lowest BCUT2D eigenvalue weighted by molar-refractivity contribution is -0.118. The average Bonchev–Trinajstić information content (AvgIpc) is 3.12. The van der Waals surface area contributed by atoms with E-state index in [2.05, 4.69) is 32.9 Å². The highest BCUT2D eigenvalue weighted by Gasteiger charge is 2.77. The molecule has 0 bridgehead atoms. The highest BCUT2D eigenvalue weighted by atomic mass is 14.8. The summed E-state index contributed by atoms with van der Waals surface area (Å²) in [5, 5.41) is 19.3. The molecule has 0 radical (unpaired) electrons. The van der Waals surface area contributed by atoms with Gasteiger partial charge >= 0.3 is 0 Å². The average molecular weight is 351 g/mol. The maximum Gasteiger partial charge on any atom is 0.0662 e. The number of hydrogen-bond donors (Lipinski definition) is 0. The molecule has 1 spiro atoms. The summed E-state index contributed by atoms with van der Waals surface area (Å²) in [4.78, 5) is 0. The third kappa shape index (κ3) is 1.78. The van der Waals surface area contributed by atoms with Gasteiger partial charge in [-0.2, -0.15) is 10.5 Å². The molecule has 5 fully saturated rings. The molecule has 0 aromatic rings.